The van der Waals surface area contributed by atoms with Crippen LogP contribution in [0.15, 0.2) is 12.3 Å². The largest absolute Gasteiger partial charge is 0.353 e. The van der Waals surface area contributed by atoms with Gasteiger partial charge in [0.15, 0.2) is 11.5 Å². The van der Waals surface area contributed by atoms with Crippen molar-refractivity contribution in [1.29, 1.82) is 0 Å². The van der Waals surface area contributed by atoms with Crippen LogP contribution in [0.2, 0.25) is 0 Å². The Morgan fingerprint density at radius 3 is 2.73 bits per heavy atom. The van der Waals surface area contributed by atoms with E-state index in [1.165, 1.54) is 19.2 Å². The molecule has 0 unspecified atom stereocenters. The van der Waals surface area contributed by atoms with Crippen LogP contribution in [-0.4, -0.2) is 15.7 Å². The maximum atomic E-state index is 10.7. The van der Waals surface area contributed by atoms with E-state index in [2.05, 4.69) is 4.98 Å². The predicted molar refractivity (Wildman–Crippen MR) is 37.5 cm³/mol. The highest BCUT2D eigenvalue weighted by atomic mass is 16.6. The third-order valence-corrected chi connectivity index (χ3v) is 1.27. The van der Waals surface area contributed by atoms with Gasteiger partial charge in [-0.05, 0) is 0 Å². The Kier molecular flexibility index (Phi) is 1.72. The molecule has 11 heavy (non-hydrogen) atoms. The van der Waals surface area contributed by atoms with E-state index in [0.29, 0.717) is 0 Å². The molecule has 1 aromatic rings. The van der Waals surface area contributed by atoms with Crippen molar-refractivity contribution in [3.8, 4) is 0 Å². The zero-order chi connectivity index (χ0) is 8.43. The number of nitrogens with one attached hydrogen (secondary N) is 1. The third kappa shape index (κ3) is 1.26. The van der Waals surface area contributed by atoms with Gasteiger partial charge in [0.1, 0.15) is 0 Å². The second-order valence-corrected chi connectivity index (χ2v) is 2.05. The van der Waals surface area contributed by atoms with Gasteiger partial charge >= 0.3 is 0 Å². The molecule has 1 heterocycles. The first-order chi connectivity index (χ1) is 5.13. The molecular formula is C6H6N2O3. The number of nitrogens with zero attached hydrogens (tertiary/aromatic N) is 1. The molecule has 0 fully saturated rings. The van der Waals surface area contributed by atoms with Crippen LogP contribution in [0.3, 0.4) is 0 Å². The average Bonchev–Trinajstić information content (AvgIpc) is 2.32. The van der Waals surface area contributed by atoms with Crippen LogP contribution in [0.5, 0.6) is 0 Å². The van der Waals surface area contributed by atoms with E-state index in [1.54, 1.807) is 0 Å². The minimum Gasteiger partial charge on any atom is -0.353 e. The number of carbonyl (C=O) groups excluding carboxylic acids is 1. The number of carbonyl (C=O) groups is 1. The van der Waals surface area contributed by atoms with Gasteiger partial charge in [-0.3, -0.25) is 14.9 Å². The Labute approximate surface area is 62.2 Å². The van der Waals surface area contributed by atoms with Crippen LogP contribution in [-0.2, 0) is 0 Å². The lowest BCUT2D eigenvalue weighted by atomic mass is 10.3. The van der Waals surface area contributed by atoms with Gasteiger partial charge < -0.3 is 4.98 Å². The first-order valence-electron chi connectivity index (χ1n) is 2.95. The molecule has 5 nitrogen and oxygen atoms in total. The molecule has 0 atom stereocenters. The third-order valence-electron chi connectivity index (χ3n) is 1.27. The molecule has 0 aliphatic rings. The van der Waals surface area contributed by atoms with Gasteiger partial charge in [-0.1, -0.05) is 0 Å². The number of H-pyrrole nitrogens is 1. The van der Waals surface area contributed by atoms with Crippen molar-refractivity contribution in [2.75, 3.05) is 0 Å². The summed E-state index contributed by atoms with van der Waals surface area (Å²) in [6, 6.07) is 1.26. The second kappa shape index (κ2) is 2.53. The van der Waals surface area contributed by atoms with Crippen molar-refractivity contribution in [1.82, 2.24) is 4.98 Å². The molecule has 0 radical (unpaired) electrons. The average molecular weight is 154 g/mol. The summed E-state index contributed by atoms with van der Waals surface area (Å²) >= 11 is 0. The van der Waals surface area contributed by atoms with Crippen LogP contribution < -0.4 is 0 Å². The first kappa shape index (κ1) is 7.46. The standard InChI is InChI=1S/C6H6N2O3/c1-4(9)6-5(8(10)11)2-3-7-6/h2-3,7H,1H3. The Balaban J connectivity index is 3.16. The zero-order valence-corrected chi connectivity index (χ0v) is 5.83. The summed E-state index contributed by atoms with van der Waals surface area (Å²) in [7, 11) is 0. The molecule has 0 saturated carbocycles. The highest BCUT2D eigenvalue weighted by Gasteiger charge is 2.17. The summed E-state index contributed by atoms with van der Waals surface area (Å²) in [6.45, 7) is 1.28. The smallest absolute Gasteiger partial charge is 0.297 e. The van der Waals surface area contributed by atoms with E-state index in [4.69, 9.17) is 0 Å². The minimum absolute atomic E-state index is 0.0509. The summed E-state index contributed by atoms with van der Waals surface area (Å²) in [6.07, 6.45) is 1.37. The van der Waals surface area contributed by atoms with Gasteiger partial charge in [0.2, 0.25) is 0 Å². The number of hydrogen-bond acceptors (Lipinski definition) is 3. The zero-order valence-electron chi connectivity index (χ0n) is 5.83. The topological polar surface area (TPSA) is 76.0 Å². The van der Waals surface area contributed by atoms with Crippen LogP contribution in [0.1, 0.15) is 17.4 Å². The molecule has 0 aromatic carbocycles. The van der Waals surface area contributed by atoms with Crippen molar-refractivity contribution in [2.45, 2.75) is 6.92 Å². The molecule has 0 saturated heterocycles. The summed E-state index contributed by atoms with van der Waals surface area (Å²) < 4.78 is 0. The van der Waals surface area contributed by atoms with Crippen molar-refractivity contribution in [2.24, 2.45) is 0 Å². The molecule has 1 rings (SSSR count). The molecule has 5 heteroatoms. The number of ketones is 1. The quantitative estimate of drug-likeness (QED) is 0.394. The Hall–Kier alpha value is -1.65. The van der Waals surface area contributed by atoms with Gasteiger partial charge in [-0.25, -0.2) is 0 Å². The molecule has 1 N–H and O–H groups in total. The van der Waals surface area contributed by atoms with E-state index in [1.807, 2.05) is 0 Å². The molecule has 1 aromatic heterocycles. The summed E-state index contributed by atoms with van der Waals surface area (Å²) in [5, 5.41) is 10.2. The van der Waals surface area contributed by atoms with Crippen molar-refractivity contribution >= 4 is 11.5 Å². The monoisotopic (exact) mass is 154 g/mol. The highest BCUT2D eigenvalue weighted by molar-refractivity contribution is 5.96. The van der Waals surface area contributed by atoms with E-state index >= 15 is 0 Å². The Bertz CT molecular complexity index is 274. The lowest BCUT2D eigenvalue weighted by molar-refractivity contribution is -0.385. The van der Waals surface area contributed by atoms with Gasteiger partial charge in [0, 0.05) is 19.2 Å². The number of aromatic amines is 1. The fraction of sp³-hybridized carbons (Fsp3) is 0.167. The molecule has 0 amide bonds. The number of nitro groups is 1. The second-order valence-electron chi connectivity index (χ2n) is 2.05. The van der Waals surface area contributed by atoms with Crippen molar-refractivity contribution in [3.05, 3.63) is 28.1 Å². The SMILES string of the molecule is CC(=O)c1[nH]ccc1[N+](=O)[O-]. The Morgan fingerprint density at radius 1 is 1.73 bits per heavy atom. The molecule has 0 aliphatic carbocycles. The predicted octanol–water partition coefficient (Wildman–Crippen LogP) is 1.13. The maximum absolute atomic E-state index is 10.7. The fourth-order valence-corrected chi connectivity index (χ4v) is 0.795. The summed E-state index contributed by atoms with van der Waals surface area (Å²) in [4.78, 5) is 22.8. The molecular weight excluding hydrogens is 148 g/mol. The van der Waals surface area contributed by atoms with Crippen molar-refractivity contribution in [3.63, 3.8) is 0 Å². The van der Waals surface area contributed by atoms with Gasteiger partial charge in [-0.2, -0.15) is 0 Å². The summed E-state index contributed by atoms with van der Waals surface area (Å²) in [5.74, 6) is -0.332. The van der Waals surface area contributed by atoms with Gasteiger partial charge in [0.05, 0.1) is 4.92 Å². The summed E-state index contributed by atoms with van der Waals surface area (Å²) in [5.41, 5.74) is -0.118. The lowest BCUT2D eigenvalue weighted by Gasteiger charge is -1.88. The van der Waals surface area contributed by atoms with Crippen LogP contribution in [0.4, 0.5) is 5.69 Å². The number of hydrogen-bond donors (Lipinski definition) is 1. The fourth-order valence-electron chi connectivity index (χ4n) is 0.795. The van der Waals surface area contributed by atoms with Gasteiger partial charge in [0.25, 0.3) is 5.69 Å². The van der Waals surface area contributed by atoms with E-state index in [0.717, 1.165) is 0 Å². The normalized spacial score (nSPS) is 9.55. The molecule has 0 bridgehead atoms. The molecule has 58 valence electrons. The van der Waals surface area contributed by atoms with Crippen LogP contribution >= 0.6 is 0 Å². The number of rotatable bonds is 2. The van der Waals surface area contributed by atoms with E-state index in [9.17, 15) is 14.9 Å². The molecule has 0 spiro atoms. The lowest BCUT2D eigenvalue weighted by Crippen LogP contribution is -1.97. The highest BCUT2D eigenvalue weighted by Crippen LogP contribution is 2.15. The van der Waals surface area contributed by atoms with E-state index < -0.39 is 4.92 Å². The maximum Gasteiger partial charge on any atom is 0.297 e. The first-order valence-corrected chi connectivity index (χ1v) is 2.95. The minimum atomic E-state index is -0.590. The Morgan fingerprint density at radius 2 is 2.36 bits per heavy atom. The van der Waals surface area contributed by atoms with Crippen LogP contribution in [0.25, 0.3) is 0 Å². The van der Waals surface area contributed by atoms with E-state index in [-0.39, 0.29) is 17.2 Å². The number of Topliss-reactive ketones (excluding diaryl/α,β-unsaturated/α-hetero) is 1. The van der Waals surface area contributed by atoms with Crippen LogP contribution in [0, 0.1) is 10.1 Å². The van der Waals surface area contributed by atoms with Crippen molar-refractivity contribution < 1.29 is 9.72 Å². The van der Waals surface area contributed by atoms with Gasteiger partial charge in [-0.15, -0.1) is 0 Å². The number of aromatic nitrogens is 1. The molecule has 0 aliphatic heterocycles.